The fourth-order valence-electron chi connectivity index (χ4n) is 4.28. The first-order valence-electron chi connectivity index (χ1n) is 13.3. The van der Waals surface area contributed by atoms with Crippen molar-refractivity contribution in [2.75, 3.05) is 27.2 Å². The number of halogens is 1. The minimum absolute atomic E-state index is 0.0417. The van der Waals surface area contributed by atoms with Crippen molar-refractivity contribution in [3.8, 4) is 17.0 Å². The molecule has 216 valence electrons. The van der Waals surface area contributed by atoms with Gasteiger partial charge in [0.05, 0.1) is 29.4 Å². The number of aryl methyl sites for hydroxylation is 1. The second-order valence-electron chi connectivity index (χ2n) is 11.0. The summed E-state index contributed by atoms with van der Waals surface area (Å²) in [5.74, 6) is 0.666. The van der Waals surface area contributed by atoms with Crippen molar-refractivity contribution >= 4 is 23.4 Å². The van der Waals surface area contributed by atoms with Gasteiger partial charge in [-0.3, -0.25) is 9.59 Å². The molecule has 1 heterocycles. The van der Waals surface area contributed by atoms with Crippen LogP contribution in [-0.4, -0.2) is 70.7 Å². The van der Waals surface area contributed by atoms with Gasteiger partial charge in [0.25, 0.3) is 5.91 Å². The molecule has 0 aliphatic heterocycles. The van der Waals surface area contributed by atoms with Gasteiger partial charge in [-0.2, -0.15) is 0 Å². The number of ether oxygens (including phenoxy) is 1. The van der Waals surface area contributed by atoms with E-state index in [4.69, 9.17) is 16.3 Å². The van der Waals surface area contributed by atoms with Gasteiger partial charge in [-0.15, -0.1) is 0 Å². The zero-order valence-corrected chi connectivity index (χ0v) is 25.0. The Balaban J connectivity index is 1.76. The molecule has 2 amide bonds. The van der Waals surface area contributed by atoms with Crippen molar-refractivity contribution in [3.05, 3.63) is 70.6 Å². The molecular formula is C30H40ClN5O4. The molecule has 0 radical (unpaired) electrons. The van der Waals surface area contributed by atoms with Crippen LogP contribution in [0.5, 0.6) is 5.75 Å². The number of carbonyl (C=O) groups is 2. The van der Waals surface area contributed by atoms with E-state index in [2.05, 4.69) is 15.6 Å². The molecule has 0 saturated heterocycles. The summed E-state index contributed by atoms with van der Waals surface area (Å²) in [4.78, 5) is 31.8. The predicted molar refractivity (Wildman–Crippen MR) is 158 cm³/mol. The standard InChI is InChI=1S/C30H40ClN5O4/c1-19(2)40-26-13-12-22(15-24(26)31)28(38)33-23(16-32-27(37)18-35(5)6)14-20-8-10-21(11-9-20)25-17-36(7)29(34-25)30(3,4)39/h8-13,15,17,19,23,39H,14,16,18H2,1-7H3,(H,32,37)(H,33,38)/t23-/m0/s1. The van der Waals surface area contributed by atoms with Gasteiger partial charge in [0.2, 0.25) is 5.91 Å². The second-order valence-corrected chi connectivity index (χ2v) is 11.5. The largest absolute Gasteiger partial charge is 0.489 e. The molecule has 3 aromatic rings. The third kappa shape index (κ3) is 8.81. The van der Waals surface area contributed by atoms with E-state index < -0.39 is 5.60 Å². The van der Waals surface area contributed by atoms with Crippen LogP contribution in [0.3, 0.4) is 0 Å². The maximum atomic E-state index is 13.1. The second kappa shape index (κ2) is 13.3. The number of aliphatic hydroxyl groups is 1. The highest BCUT2D eigenvalue weighted by Crippen LogP contribution is 2.27. The van der Waals surface area contributed by atoms with Gasteiger partial charge in [-0.1, -0.05) is 35.9 Å². The van der Waals surface area contributed by atoms with Crippen LogP contribution in [0.15, 0.2) is 48.7 Å². The fourth-order valence-corrected chi connectivity index (χ4v) is 4.51. The normalized spacial score (nSPS) is 12.5. The molecular weight excluding hydrogens is 530 g/mol. The zero-order valence-electron chi connectivity index (χ0n) is 24.3. The lowest BCUT2D eigenvalue weighted by Gasteiger charge is -2.21. The predicted octanol–water partition coefficient (Wildman–Crippen LogP) is 3.77. The van der Waals surface area contributed by atoms with Crippen molar-refractivity contribution in [1.82, 2.24) is 25.1 Å². The summed E-state index contributed by atoms with van der Waals surface area (Å²) in [5.41, 5.74) is 2.00. The number of aromatic nitrogens is 2. The van der Waals surface area contributed by atoms with E-state index in [0.29, 0.717) is 28.6 Å². The molecule has 1 aromatic heterocycles. The number of nitrogens with one attached hydrogen (secondary N) is 2. The molecule has 0 fully saturated rings. The number of hydrogen-bond acceptors (Lipinski definition) is 6. The molecule has 0 aliphatic carbocycles. The number of hydrogen-bond donors (Lipinski definition) is 3. The average molecular weight is 570 g/mol. The number of imidazole rings is 1. The first kappa shape index (κ1) is 31.1. The quantitative estimate of drug-likeness (QED) is 0.306. The Morgan fingerprint density at radius 2 is 1.82 bits per heavy atom. The third-order valence-electron chi connectivity index (χ3n) is 6.05. The van der Waals surface area contributed by atoms with Gasteiger partial charge in [0, 0.05) is 30.9 Å². The first-order valence-corrected chi connectivity index (χ1v) is 13.6. The van der Waals surface area contributed by atoms with Crippen molar-refractivity contribution in [3.63, 3.8) is 0 Å². The maximum Gasteiger partial charge on any atom is 0.251 e. The molecule has 0 bridgehead atoms. The molecule has 0 saturated carbocycles. The van der Waals surface area contributed by atoms with Gasteiger partial charge < -0.3 is 29.9 Å². The Labute approximate surface area is 241 Å². The van der Waals surface area contributed by atoms with Crippen molar-refractivity contribution < 1.29 is 19.4 Å². The summed E-state index contributed by atoms with van der Waals surface area (Å²) < 4.78 is 7.49. The summed E-state index contributed by atoms with van der Waals surface area (Å²) in [5, 5.41) is 16.7. The monoisotopic (exact) mass is 569 g/mol. The Bertz CT molecular complexity index is 1310. The van der Waals surface area contributed by atoms with E-state index >= 15 is 0 Å². The number of benzene rings is 2. The van der Waals surface area contributed by atoms with Crippen LogP contribution in [0.2, 0.25) is 5.02 Å². The topological polar surface area (TPSA) is 109 Å². The molecule has 0 unspecified atom stereocenters. The number of amides is 2. The van der Waals surface area contributed by atoms with Crippen LogP contribution >= 0.6 is 11.6 Å². The van der Waals surface area contributed by atoms with E-state index in [9.17, 15) is 14.7 Å². The molecule has 0 aliphatic rings. The summed E-state index contributed by atoms with van der Waals surface area (Å²) in [6.07, 6.45) is 2.34. The lowest BCUT2D eigenvalue weighted by molar-refractivity contribution is -0.121. The Kier molecular flexibility index (Phi) is 10.4. The highest BCUT2D eigenvalue weighted by molar-refractivity contribution is 6.32. The fraction of sp³-hybridized carbons (Fsp3) is 0.433. The summed E-state index contributed by atoms with van der Waals surface area (Å²) in [7, 11) is 5.50. The number of rotatable bonds is 12. The van der Waals surface area contributed by atoms with Crippen LogP contribution in [-0.2, 0) is 23.9 Å². The lowest BCUT2D eigenvalue weighted by Crippen LogP contribution is -2.46. The molecule has 3 rings (SSSR count). The highest BCUT2D eigenvalue weighted by atomic mass is 35.5. The van der Waals surface area contributed by atoms with E-state index in [1.54, 1.807) is 36.9 Å². The molecule has 0 spiro atoms. The van der Waals surface area contributed by atoms with E-state index in [-0.39, 0.29) is 37.0 Å². The van der Waals surface area contributed by atoms with E-state index in [1.165, 1.54) is 0 Å². The Morgan fingerprint density at radius 3 is 2.38 bits per heavy atom. The molecule has 40 heavy (non-hydrogen) atoms. The van der Waals surface area contributed by atoms with Crippen LogP contribution in [0.25, 0.3) is 11.3 Å². The summed E-state index contributed by atoms with van der Waals surface area (Å²) in [6.45, 7) is 7.73. The van der Waals surface area contributed by atoms with Gasteiger partial charge >= 0.3 is 0 Å². The molecule has 2 aromatic carbocycles. The van der Waals surface area contributed by atoms with Crippen LogP contribution < -0.4 is 15.4 Å². The third-order valence-corrected chi connectivity index (χ3v) is 6.35. The minimum Gasteiger partial charge on any atom is -0.489 e. The molecule has 10 heteroatoms. The van der Waals surface area contributed by atoms with E-state index in [0.717, 1.165) is 16.8 Å². The van der Waals surface area contributed by atoms with Crippen LogP contribution in [0, 0.1) is 0 Å². The van der Waals surface area contributed by atoms with Crippen molar-refractivity contribution in [2.24, 2.45) is 7.05 Å². The SMILES string of the molecule is CC(C)Oc1ccc(C(=O)N[C@H](CNC(=O)CN(C)C)Cc2ccc(-c3cn(C)c(C(C)(C)O)n3)cc2)cc1Cl. The Morgan fingerprint density at radius 1 is 1.15 bits per heavy atom. The number of carbonyl (C=O) groups excluding carboxylic acids is 2. The maximum absolute atomic E-state index is 13.1. The molecule has 3 N–H and O–H groups in total. The average Bonchev–Trinajstić information content (AvgIpc) is 3.25. The van der Waals surface area contributed by atoms with Crippen LogP contribution in [0.4, 0.5) is 0 Å². The van der Waals surface area contributed by atoms with Gasteiger partial charge in [0.15, 0.2) is 0 Å². The smallest absolute Gasteiger partial charge is 0.251 e. The highest BCUT2D eigenvalue weighted by Gasteiger charge is 2.23. The lowest BCUT2D eigenvalue weighted by atomic mass is 10.0. The minimum atomic E-state index is -1.05. The number of nitrogens with zero attached hydrogens (tertiary/aromatic N) is 3. The Hall–Kier alpha value is -3.40. The van der Waals surface area contributed by atoms with E-state index in [1.807, 2.05) is 70.0 Å². The molecule has 1 atom stereocenters. The molecule has 9 nitrogen and oxygen atoms in total. The number of likely N-dealkylation sites (N-methyl/N-ethyl adjacent to an activating group) is 1. The van der Waals surface area contributed by atoms with Gasteiger partial charge in [-0.25, -0.2) is 4.98 Å². The first-order chi connectivity index (χ1) is 18.7. The summed E-state index contributed by atoms with van der Waals surface area (Å²) >= 11 is 6.35. The summed E-state index contributed by atoms with van der Waals surface area (Å²) in [6, 6.07) is 12.4. The zero-order chi connectivity index (χ0) is 29.6. The van der Waals surface area contributed by atoms with Crippen molar-refractivity contribution in [1.29, 1.82) is 0 Å². The van der Waals surface area contributed by atoms with Gasteiger partial charge in [-0.05, 0) is 72.0 Å². The van der Waals surface area contributed by atoms with Crippen molar-refractivity contribution in [2.45, 2.75) is 51.9 Å². The van der Waals surface area contributed by atoms with Crippen LogP contribution in [0.1, 0.15) is 49.4 Å². The van der Waals surface area contributed by atoms with Gasteiger partial charge in [0.1, 0.15) is 17.2 Å².